The zero-order valence-electron chi connectivity index (χ0n) is 16.4. The zero-order chi connectivity index (χ0) is 21.8. The highest BCUT2D eigenvalue weighted by Crippen LogP contribution is 2.52. The van der Waals surface area contributed by atoms with Crippen LogP contribution in [0.15, 0.2) is 27.7 Å². The molecule has 0 radical (unpaired) electrons. The number of halogens is 2. The molecule has 1 saturated heterocycles. The van der Waals surface area contributed by atoms with Crippen molar-refractivity contribution in [1.82, 2.24) is 19.9 Å². The van der Waals surface area contributed by atoms with Crippen LogP contribution in [0.25, 0.3) is 0 Å². The van der Waals surface area contributed by atoms with Gasteiger partial charge in [0.25, 0.3) is 5.95 Å². The molecule has 5 rings (SSSR count). The maximum Gasteiger partial charge on any atom is 0.257 e. The predicted octanol–water partition coefficient (Wildman–Crippen LogP) is 3.28. The number of piperidine rings is 1. The van der Waals surface area contributed by atoms with Crippen LogP contribution in [0.5, 0.6) is 0 Å². The number of anilines is 3. The summed E-state index contributed by atoms with van der Waals surface area (Å²) in [6.45, 7) is 1.26. The van der Waals surface area contributed by atoms with Gasteiger partial charge in [-0.2, -0.15) is 4.39 Å². The van der Waals surface area contributed by atoms with Crippen LogP contribution >= 0.6 is 34.7 Å². The lowest BCUT2D eigenvalue weighted by Gasteiger charge is -2.42. The van der Waals surface area contributed by atoms with Gasteiger partial charge >= 0.3 is 0 Å². The molecule has 6 N–H and O–H groups in total. The Hall–Kier alpha value is -2.21. The highest BCUT2D eigenvalue weighted by atomic mass is 35.5. The molecule has 1 aliphatic heterocycles. The van der Waals surface area contributed by atoms with E-state index in [0.717, 1.165) is 36.7 Å². The van der Waals surface area contributed by atoms with E-state index in [0.29, 0.717) is 18.0 Å². The summed E-state index contributed by atoms with van der Waals surface area (Å²) in [5.41, 5.74) is 21.3. The van der Waals surface area contributed by atoms with Crippen LogP contribution in [0.1, 0.15) is 29.5 Å². The zero-order valence-corrected chi connectivity index (χ0v) is 18.8. The lowest BCUT2D eigenvalue weighted by atomic mass is 9.74. The number of nitrogens with two attached hydrogens (primary N) is 3. The second-order valence-electron chi connectivity index (χ2n) is 7.81. The average molecular weight is 479 g/mol. The van der Waals surface area contributed by atoms with E-state index in [1.807, 2.05) is 10.4 Å². The predicted molar refractivity (Wildman–Crippen MR) is 121 cm³/mol. The minimum atomic E-state index is -0.665. The lowest BCUT2D eigenvalue weighted by molar-refractivity contribution is 0.187. The molecule has 31 heavy (non-hydrogen) atoms. The van der Waals surface area contributed by atoms with Gasteiger partial charge in [-0.15, -0.1) is 11.3 Å². The highest BCUT2D eigenvalue weighted by molar-refractivity contribution is 7.99. The Morgan fingerprint density at radius 3 is 2.71 bits per heavy atom. The molecule has 0 saturated carbocycles. The Balaban J connectivity index is 1.33. The Bertz CT molecular complexity index is 1150. The fourth-order valence-electron chi connectivity index (χ4n) is 4.34. The fraction of sp³-hybridized carbons (Fsp3) is 0.368. The summed E-state index contributed by atoms with van der Waals surface area (Å²) in [5.74, 6) is -0.178. The van der Waals surface area contributed by atoms with E-state index in [2.05, 4.69) is 19.9 Å². The average Bonchev–Trinajstić information content (AvgIpc) is 3.30. The van der Waals surface area contributed by atoms with Gasteiger partial charge in [0, 0.05) is 35.1 Å². The summed E-state index contributed by atoms with van der Waals surface area (Å²) >= 11 is 8.90. The monoisotopic (exact) mass is 478 g/mol. The Morgan fingerprint density at radius 1 is 1.19 bits per heavy atom. The van der Waals surface area contributed by atoms with Crippen LogP contribution in [0.2, 0.25) is 5.02 Å². The van der Waals surface area contributed by atoms with Gasteiger partial charge in [0.05, 0.1) is 16.2 Å². The van der Waals surface area contributed by atoms with Gasteiger partial charge in [0.2, 0.25) is 0 Å². The largest absolute Gasteiger partial charge is 0.382 e. The number of rotatable bonds is 3. The molecule has 0 aromatic carbocycles. The number of fused-ring (bicyclic) bond motifs is 1. The minimum Gasteiger partial charge on any atom is -0.382 e. The van der Waals surface area contributed by atoms with E-state index in [9.17, 15) is 4.39 Å². The van der Waals surface area contributed by atoms with Gasteiger partial charge in [-0.3, -0.25) is 0 Å². The number of thiazole rings is 1. The first-order chi connectivity index (χ1) is 14.9. The molecule has 0 amide bonds. The quantitative estimate of drug-likeness (QED) is 0.518. The van der Waals surface area contributed by atoms with Crippen molar-refractivity contribution in [2.75, 3.05) is 29.5 Å². The Morgan fingerprint density at radius 2 is 1.97 bits per heavy atom. The van der Waals surface area contributed by atoms with Gasteiger partial charge in [-0.05, 0) is 30.7 Å². The molecule has 8 nitrogen and oxygen atoms in total. The summed E-state index contributed by atoms with van der Waals surface area (Å²) in [5, 5.41) is 0.506. The molecule has 12 heteroatoms. The molecule has 2 aliphatic rings. The standard InChI is InChI=1S/C19H20ClFN8S2/c20-11-10(1-4-25-15(11)23)31-18-16(24)28-17(14(21)27-18)29-5-2-19(3-6-29)7-9-12(13(19)22)30-8-26-9/h1,4,8,13H,2-3,5-7,22H2,(H2,23,25)(H2,24,28)/t13-/m1/s1. The van der Waals surface area contributed by atoms with Gasteiger partial charge < -0.3 is 22.1 Å². The molecule has 162 valence electrons. The molecular weight excluding hydrogens is 459 g/mol. The van der Waals surface area contributed by atoms with Crippen molar-refractivity contribution >= 4 is 52.2 Å². The van der Waals surface area contributed by atoms with Gasteiger partial charge in [-0.1, -0.05) is 23.4 Å². The van der Waals surface area contributed by atoms with Crippen LogP contribution in [-0.2, 0) is 6.42 Å². The smallest absolute Gasteiger partial charge is 0.257 e. The molecular formula is C19H20ClFN8S2. The number of nitrogen functional groups attached to an aromatic ring is 2. The van der Waals surface area contributed by atoms with Crippen molar-refractivity contribution in [2.24, 2.45) is 11.1 Å². The van der Waals surface area contributed by atoms with Gasteiger partial charge in [-0.25, -0.2) is 19.9 Å². The molecule has 0 unspecified atom stereocenters. The van der Waals surface area contributed by atoms with E-state index in [-0.39, 0.29) is 39.0 Å². The molecule has 4 heterocycles. The Labute approximate surface area is 191 Å². The van der Waals surface area contributed by atoms with Gasteiger partial charge in [0.15, 0.2) is 11.6 Å². The van der Waals surface area contributed by atoms with E-state index in [1.54, 1.807) is 17.4 Å². The van der Waals surface area contributed by atoms with Crippen molar-refractivity contribution in [3.8, 4) is 0 Å². The number of hydrogen-bond donors (Lipinski definition) is 3. The Kier molecular flexibility index (Phi) is 5.16. The summed E-state index contributed by atoms with van der Waals surface area (Å²) in [7, 11) is 0. The van der Waals surface area contributed by atoms with E-state index in [1.165, 1.54) is 11.1 Å². The highest BCUT2D eigenvalue weighted by Gasteiger charge is 2.47. The third kappa shape index (κ3) is 3.49. The summed E-state index contributed by atoms with van der Waals surface area (Å²) in [6.07, 6.45) is 4.06. The van der Waals surface area contributed by atoms with Crippen LogP contribution < -0.4 is 22.1 Å². The first kappa shape index (κ1) is 20.7. The van der Waals surface area contributed by atoms with Crippen molar-refractivity contribution in [1.29, 1.82) is 0 Å². The van der Waals surface area contributed by atoms with Crippen molar-refractivity contribution < 1.29 is 4.39 Å². The third-order valence-corrected chi connectivity index (χ3v) is 8.63. The molecule has 1 aliphatic carbocycles. The number of hydrogen-bond acceptors (Lipinski definition) is 10. The van der Waals surface area contributed by atoms with Crippen LogP contribution in [0.4, 0.5) is 21.8 Å². The van der Waals surface area contributed by atoms with E-state index in [4.69, 9.17) is 28.8 Å². The number of aromatic nitrogens is 4. The second-order valence-corrected chi connectivity index (χ2v) is 10.1. The number of nitrogens with zero attached hydrogens (tertiary/aromatic N) is 5. The summed E-state index contributed by atoms with van der Waals surface area (Å²) in [4.78, 5) is 20.4. The minimum absolute atomic E-state index is 0.0187. The van der Waals surface area contributed by atoms with E-state index >= 15 is 0 Å². The second kappa shape index (κ2) is 7.73. The summed E-state index contributed by atoms with van der Waals surface area (Å²) < 4.78 is 14.9. The summed E-state index contributed by atoms with van der Waals surface area (Å²) in [6, 6.07) is 1.65. The maximum atomic E-state index is 14.9. The molecule has 3 aromatic heterocycles. The maximum absolute atomic E-state index is 14.9. The fourth-order valence-corrected chi connectivity index (χ4v) is 6.33. The van der Waals surface area contributed by atoms with Crippen molar-refractivity contribution in [3.05, 3.63) is 39.3 Å². The van der Waals surface area contributed by atoms with Crippen molar-refractivity contribution in [2.45, 2.75) is 35.2 Å². The molecule has 3 aromatic rings. The van der Waals surface area contributed by atoms with Gasteiger partial charge in [0.1, 0.15) is 10.8 Å². The van der Waals surface area contributed by atoms with E-state index < -0.39 is 5.95 Å². The topological polar surface area (TPSA) is 133 Å². The first-order valence-electron chi connectivity index (χ1n) is 9.71. The normalized spacial score (nSPS) is 19.7. The van der Waals surface area contributed by atoms with Crippen LogP contribution in [0, 0.1) is 11.4 Å². The third-order valence-electron chi connectivity index (χ3n) is 6.11. The SMILES string of the molecule is Nc1nc(N2CCC3(CC2)Cc2ncsc2[C@H]3N)c(F)nc1Sc1ccnc(N)c1Cl. The number of pyridine rings is 1. The van der Waals surface area contributed by atoms with Crippen LogP contribution in [0.3, 0.4) is 0 Å². The molecule has 1 atom stereocenters. The molecule has 1 spiro atoms. The molecule has 1 fully saturated rings. The van der Waals surface area contributed by atoms with Crippen molar-refractivity contribution in [3.63, 3.8) is 0 Å². The molecule has 0 bridgehead atoms. The lowest BCUT2D eigenvalue weighted by Crippen LogP contribution is -2.45. The van der Waals surface area contributed by atoms with Crippen LogP contribution in [-0.4, -0.2) is 33.0 Å². The first-order valence-corrected chi connectivity index (χ1v) is 11.8.